The van der Waals surface area contributed by atoms with Gasteiger partial charge in [0.25, 0.3) is 0 Å². The van der Waals surface area contributed by atoms with E-state index in [1.54, 1.807) is 13.0 Å². The lowest BCUT2D eigenvalue weighted by atomic mass is 10.2. The van der Waals surface area contributed by atoms with E-state index in [2.05, 4.69) is 19.2 Å². The van der Waals surface area contributed by atoms with Crippen LogP contribution in [0.15, 0.2) is 29.2 Å². The highest BCUT2D eigenvalue weighted by Gasteiger charge is 2.05. The van der Waals surface area contributed by atoms with Crippen LogP contribution in [0.25, 0.3) is 0 Å². The minimum absolute atomic E-state index is 0.0296. The van der Waals surface area contributed by atoms with Crippen molar-refractivity contribution in [3.63, 3.8) is 0 Å². The van der Waals surface area contributed by atoms with Crippen molar-refractivity contribution in [1.82, 2.24) is 5.32 Å². The van der Waals surface area contributed by atoms with Crippen LogP contribution in [0.2, 0.25) is 0 Å². The van der Waals surface area contributed by atoms with E-state index in [1.807, 2.05) is 18.2 Å². The molecule has 18 heavy (non-hydrogen) atoms. The summed E-state index contributed by atoms with van der Waals surface area (Å²) in [6.45, 7) is 6.36. The van der Waals surface area contributed by atoms with Gasteiger partial charge in [-0.2, -0.15) is 0 Å². The lowest BCUT2D eigenvalue weighted by Crippen LogP contribution is -2.28. The van der Waals surface area contributed by atoms with Gasteiger partial charge in [0.2, 0.25) is 5.91 Å². The number of Topliss-reactive ketones (excluding diaryl/α,β-unsaturated/α-hetero) is 1. The first kappa shape index (κ1) is 14.8. The number of hydrogen-bond acceptors (Lipinski definition) is 3. The van der Waals surface area contributed by atoms with Gasteiger partial charge in [0.05, 0.1) is 5.75 Å². The standard InChI is InChI=1S/C14H19NO2S/c1-10(2)8-15-14(17)9-18-13-6-4-5-12(7-13)11(3)16/h4-7,10H,8-9H2,1-3H3,(H,15,17). The van der Waals surface area contributed by atoms with E-state index < -0.39 is 0 Å². The molecule has 1 aromatic carbocycles. The number of ketones is 1. The topological polar surface area (TPSA) is 46.2 Å². The van der Waals surface area contributed by atoms with Gasteiger partial charge in [-0.15, -0.1) is 11.8 Å². The number of carbonyl (C=O) groups excluding carboxylic acids is 2. The molecule has 0 heterocycles. The predicted octanol–water partition coefficient (Wildman–Crippen LogP) is 2.75. The lowest BCUT2D eigenvalue weighted by Gasteiger charge is -2.07. The first-order valence-corrected chi connectivity index (χ1v) is 6.98. The molecule has 0 fully saturated rings. The monoisotopic (exact) mass is 265 g/mol. The van der Waals surface area contributed by atoms with Crippen molar-refractivity contribution in [3.8, 4) is 0 Å². The number of carbonyl (C=O) groups is 2. The maximum absolute atomic E-state index is 11.5. The van der Waals surface area contributed by atoms with Crippen molar-refractivity contribution < 1.29 is 9.59 Å². The molecule has 0 saturated carbocycles. The van der Waals surface area contributed by atoms with Gasteiger partial charge in [0.1, 0.15) is 0 Å². The van der Waals surface area contributed by atoms with Crippen molar-refractivity contribution in [1.29, 1.82) is 0 Å². The van der Waals surface area contributed by atoms with Gasteiger partial charge in [0, 0.05) is 17.0 Å². The zero-order valence-corrected chi connectivity index (χ0v) is 11.8. The second-order valence-electron chi connectivity index (χ2n) is 4.57. The molecule has 1 N–H and O–H groups in total. The molecule has 0 aliphatic heterocycles. The van der Waals surface area contributed by atoms with E-state index in [0.717, 1.165) is 4.90 Å². The molecule has 1 rings (SSSR count). The van der Waals surface area contributed by atoms with Crippen LogP contribution in [0.4, 0.5) is 0 Å². The van der Waals surface area contributed by atoms with Crippen LogP contribution < -0.4 is 5.32 Å². The Hall–Kier alpha value is -1.29. The summed E-state index contributed by atoms with van der Waals surface area (Å²) < 4.78 is 0. The van der Waals surface area contributed by atoms with Crippen molar-refractivity contribution in [2.75, 3.05) is 12.3 Å². The molecule has 0 bridgehead atoms. The van der Waals surface area contributed by atoms with Crippen LogP contribution >= 0.6 is 11.8 Å². The quantitative estimate of drug-likeness (QED) is 0.635. The fraction of sp³-hybridized carbons (Fsp3) is 0.429. The molecule has 3 nitrogen and oxygen atoms in total. The molecule has 1 amide bonds. The maximum atomic E-state index is 11.5. The number of nitrogens with one attached hydrogen (secondary N) is 1. The van der Waals surface area contributed by atoms with Crippen molar-refractivity contribution in [3.05, 3.63) is 29.8 Å². The Morgan fingerprint density at radius 3 is 2.67 bits per heavy atom. The zero-order chi connectivity index (χ0) is 13.5. The van der Waals surface area contributed by atoms with E-state index in [-0.39, 0.29) is 11.7 Å². The fourth-order valence-corrected chi connectivity index (χ4v) is 2.11. The second-order valence-corrected chi connectivity index (χ2v) is 5.62. The number of amides is 1. The molecule has 0 atom stereocenters. The van der Waals surface area contributed by atoms with Gasteiger partial charge in [0.15, 0.2) is 5.78 Å². The van der Waals surface area contributed by atoms with Crippen LogP contribution in [0.3, 0.4) is 0 Å². The summed E-state index contributed by atoms with van der Waals surface area (Å²) in [6, 6.07) is 7.35. The zero-order valence-electron chi connectivity index (χ0n) is 11.0. The number of benzene rings is 1. The van der Waals surface area contributed by atoms with Crippen LogP contribution in [-0.4, -0.2) is 24.0 Å². The highest BCUT2D eigenvalue weighted by molar-refractivity contribution is 8.00. The molecule has 0 unspecified atom stereocenters. The van der Waals surface area contributed by atoms with Crippen molar-refractivity contribution in [2.24, 2.45) is 5.92 Å². The van der Waals surface area contributed by atoms with Gasteiger partial charge in [-0.05, 0) is 25.0 Å². The summed E-state index contributed by atoms with van der Waals surface area (Å²) in [7, 11) is 0. The molecule has 98 valence electrons. The van der Waals surface area contributed by atoms with Crippen LogP contribution in [0, 0.1) is 5.92 Å². The Morgan fingerprint density at radius 2 is 2.06 bits per heavy atom. The Balaban J connectivity index is 2.46. The van der Waals surface area contributed by atoms with E-state index in [1.165, 1.54) is 11.8 Å². The molecule has 0 aliphatic carbocycles. The van der Waals surface area contributed by atoms with E-state index in [0.29, 0.717) is 23.8 Å². The summed E-state index contributed by atoms with van der Waals surface area (Å²) >= 11 is 1.45. The molecule has 0 radical (unpaired) electrons. The normalized spacial score (nSPS) is 10.4. The molecular weight excluding hydrogens is 246 g/mol. The first-order chi connectivity index (χ1) is 8.49. The summed E-state index contributed by atoms with van der Waals surface area (Å²) in [4.78, 5) is 23.7. The van der Waals surface area contributed by atoms with E-state index in [9.17, 15) is 9.59 Å². The average Bonchev–Trinajstić information content (AvgIpc) is 2.34. The molecular formula is C14H19NO2S. The SMILES string of the molecule is CC(=O)c1cccc(SCC(=O)NCC(C)C)c1. The molecule has 0 aliphatic rings. The van der Waals surface area contributed by atoms with Crippen LogP contribution in [0.5, 0.6) is 0 Å². The molecule has 0 spiro atoms. The number of hydrogen-bond donors (Lipinski definition) is 1. The Morgan fingerprint density at radius 1 is 1.33 bits per heavy atom. The Labute approximate surface area is 112 Å². The van der Waals surface area contributed by atoms with Crippen molar-refractivity contribution in [2.45, 2.75) is 25.7 Å². The largest absolute Gasteiger partial charge is 0.355 e. The van der Waals surface area contributed by atoms with E-state index >= 15 is 0 Å². The minimum Gasteiger partial charge on any atom is -0.355 e. The second kappa shape index (κ2) is 7.21. The van der Waals surface area contributed by atoms with Gasteiger partial charge >= 0.3 is 0 Å². The minimum atomic E-state index is 0.0296. The summed E-state index contributed by atoms with van der Waals surface area (Å²) in [5.41, 5.74) is 0.683. The number of thioether (sulfide) groups is 1. The lowest BCUT2D eigenvalue weighted by molar-refractivity contribution is -0.118. The average molecular weight is 265 g/mol. The molecule has 4 heteroatoms. The number of rotatable bonds is 6. The van der Waals surface area contributed by atoms with Gasteiger partial charge in [-0.1, -0.05) is 26.0 Å². The third-order valence-electron chi connectivity index (χ3n) is 2.32. The molecule has 1 aromatic rings. The van der Waals surface area contributed by atoms with Crippen LogP contribution in [-0.2, 0) is 4.79 Å². The van der Waals surface area contributed by atoms with E-state index in [4.69, 9.17) is 0 Å². The maximum Gasteiger partial charge on any atom is 0.230 e. The van der Waals surface area contributed by atoms with Gasteiger partial charge in [-0.3, -0.25) is 9.59 Å². The third kappa shape index (κ3) is 5.36. The molecule has 0 aromatic heterocycles. The highest BCUT2D eigenvalue weighted by atomic mass is 32.2. The Bertz CT molecular complexity index is 430. The smallest absolute Gasteiger partial charge is 0.230 e. The van der Waals surface area contributed by atoms with Gasteiger partial charge < -0.3 is 5.32 Å². The Kier molecular flexibility index (Phi) is 5.92. The van der Waals surface area contributed by atoms with Crippen LogP contribution in [0.1, 0.15) is 31.1 Å². The highest BCUT2D eigenvalue weighted by Crippen LogP contribution is 2.19. The predicted molar refractivity (Wildman–Crippen MR) is 75.0 cm³/mol. The molecule has 0 saturated heterocycles. The third-order valence-corrected chi connectivity index (χ3v) is 3.31. The van der Waals surface area contributed by atoms with Crippen molar-refractivity contribution >= 4 is 23.5 Å². The fourth-order valence-electron chi connectivity index (χ4n) is 1.32. The summed E-state index contributed by atoms with van der Waals surface area (Å²) in [5, 5.41) is 2.86. The summed E-state index contributed by atoms with van der Waals surface area (Å²) in [6.07, 6.45) is 0. The summed E-state index contributed by atoms with van der Waals surface area (Å²) in [5.74, 6) is 0.914. The van der Waals surface area contributed by atoms with Gasteiger partial charge in [-0.25, -0.2) is 0 Å². The first-order valence-electron chi connectivity index (χ1n) is 5.99.